The number of hydrogen-bond acceptors (Lipinski definition) is 2. The van der Waals surface area contributed by atoms with E-state index in [1.54, 1.807) is 0 Å². The first-order chi connectivity index (χ1) is 4.21. The predicted octanol–water partition coefficient (Wildman–Crippen LogP) is 0.0626. The van der Waals surface area contributed by atoms with Crippen LogP contribution < -0.4 is 5.14 Å². The molecule has 3 nitrogen and oxygen atoms in total. The Kier molecular flexibility index (Phi) is 7.26. The van der Waals surface area contributed by atoms with Gasteiger partial charge in [-0.15, -0.1) is 0 Å². The van der Waals surface area contributed by atoms with Crippen molar-refractivity contribution in [2.24, 2.45) is 10.6 Å². The van der Waals surface area contributed by atoms with Gasteiger partial charge in [-0.2, -0.15) is 0 Å². The van der Waals surface area contributed by atoms with Crippen LogP contribution in [0.4, 0.5) is 0 Å². The van der Waals surface area contributed by atoms with Crippen molar-refractivity contribution in [3.63, 3.8) is 0 Å². The molecule has 0 aliphatic rings. The molecule has 0 rings (SSSR count). The maximum absolute atomic E-state index is 10.5. The third kappa shape index (κ3) is 14.4. The molecule has 0 radical (unpaired) electrons. The average molecular weight is 205 g/mol. The quantitative estimate of drug-likeness (QED) is 0.648. The van der Waals surface area contributed by atoms with Gasteiger partial charge in [0, 0.05) is 0 Å². The van der Waals surface area contributed by atoms with Gasteiger partial charge in [-0.25, -0.2) is 13.6 Å². The molecule has 2 N–H and O–H groups in total. The van der Waals surface area contributed by atoms with Crippen LogP contribution in [0.5, 0.6) is 0 Å². The summed E-state index contributed by atoms with van der Waals surface area (Å²) in [5, 5.41) is 4.81. The molecule has 0 aromatic heterocycles. The van der Waals surface area contributed by atoms with E-state index in [4.69, 9.17) is 5.14 Å². The van der Waals surface area contributed by atoms with Crippen LogP contribution in [0, 0.1) is 5.41 Å². The molecule has 0 saturated heterocycles. The number of primary sulfonamides is 1. The second kappa shape index (κ2) is 5.31. The second-order valence-corrected chi connectivity index (χ2v) is 5.41. The van der Waals surface area contributed by atoms with Gasteiger partial charge in [-0.3, -0.25) is 0 Å². The van der Waals surface area contributed by atoms with Crippen molar-refractivity contribution in [3.05, 3.63) is 0 Å². The van der Waals surface area contributed by atoms with E-state index in [0.29, 0.717) is 6.42 Å². The molecule has 64 valence electrons. The summed E-state index contributed by atoms with van der Waals surface area (Å²) in [6.45, 7) is 5.95. The van der Waals surface area contributed by atoms with Crippen molar-refractivity contribution in [2.45, 2.75) is 27.2 Å². The van der Waals surface area contributed by atoms with Gasteiger partial charge in [0.25, 0.3) is 0 Å². The van der Waals surface area contributed by atoms with Gasteiger partial charge in [0.2, 0.25) is 10.0 Å². The molecule has 0 heterocycles. The second-order valence-electron chi connectivity index (χ2n) is 3.68. The molecule has 5 heteroatoms. The molecule has 0 aliphatic carbocycles. The van der Waals surface area contributed by atoms with Crippen molar-refractivity contribution in [3.8, 4) is 0 Å². The maximum atomic E-state index is 10.5. The molecule has 0 unspecified atom stereocenters. The molecule has 0 amide bonds. The topological polar surface area (TPSA) is 60.2 Å². The van der Waals surface area contributed by atoms with Gasteiger partial charge in [0.05, 0.1) is 5.75 Å². The molecule has 0 atom stereocenters. The van der Waals surface area contributed by atoms with E-state index in [9.17, 15) is 8.42 Å². The molecular formula is C6H16KNO2S. The van der Waals surface area contributed by atoms with E-state index >= 15 is 0 Å². The minimum atomic E-state index is -3.26. The van der Waals surface area contributed by atoms with E-state index in [2.05, 4.69) is 0 Å². The molecule has 0 fully saturated rings. The first kappa shape index (κ1) is 15.0. The summed E-state index contributed by atoms with van der Waals surface area (Å²) in [7, 11) is -3.26. The molecule has 11 heavy (non-hydrogen) atoms. The summed E-state index contributed by atoms with van der Waals surface area (Å²) < 4.78 is 20.9. The Labute approximate surface area is 112 Å². The van der Waals surface area contributed by atoms with Crippen LogP contribution in [-0.2, 0) is 10.0 Å². The number of hydrogen-bond donors (Lipinski definition) is 1. The van der Waals surface area contributed by atoms with Crippen LogP contribution in [0.2, 0.25) is 0 Å². The Bertz CT molecular complexity index is 193. The predicted molar refractivity (Wildman–Crippen MR) is 49.2 cm³/mol. The molecule has 0 aromatic carbocycles. The monoisotopic (exact) mass is 205 g/mol. The Morgan fingerprint density at radius 3 is 1.73 bits per heavy atom. The summed E-state index contributed by atoms with van der Waals surface area (Å²) in [5.74, 6) is 0.0799. The van der Waals surface area contributed by atoms with E-state index in [1.807, 2.05) is 20.8 Å². The molecule has 0 aliphatic heterocycles. The third-order valence-corrected chi connectivity index (χ3v) is 1.91. The first-order valence-corrected chi connectivity index (χ1v) is 4.93. The molecule has 0 spiro atoms. The number of nitrogens with two attached hydrogens (primary N) is 1. The first-order valence-electron chi connectivity index (χ1n) is 3.21. The zero-order valence-corrected chi connectivity index (χ0v) is 7.53. The summed E-state index contributed by atoms with van der Waals surface area (Å²) in [4.78, 5) is 0. The zero-order valence-electron chi connectivity index (χ0n) is 6.72. The van der Waals surface area contributed by atoms with Crippen molar-refractivity contribution in [2.75, 3.05) is 5.75 Å². The molecular weight excluding hydrogens is 189 g/mol. The Balaban J connectivity index is 0. The van der Waals surface area contributed by atoms with Gasteiger partial charge in [-0.05, 0) is 11.8 Å². The van der Waals surface area contributed by atoms with E-state index < -0.39 is 10.0 Å². The number of sulfonamides is 1. The van der Waals surface area contributed by atoms with E-state index in [1.165, 1.54) is 0 Å². The average Bonchev–Trinajstić information content (AvgIpc) is 1.57. The van der Waals surface area contributed by atoms with Crippen LogP contribution >= 0.6 is 0 Å². The van der Waals surface area contributed by atoms with E-state index in [0.717, 1.165) is 0 Å². The van der Waals surface area contributed by atoms with Crippen molar-refractivity contribution in [1.29, 1.82) is 0 Å². The molecule has 0 bridgehead atoms. The Morgan fingerprint density at radius 1 is 1.27 bits per heavy atom. The fourth-order valence-corrected chi connectivity index (χ4v) is 1.35. The number of rotatable bonds is 2. The third-order valence-electron chi connectivity index (χ3n) is 1.14. The summed E-state index contributed by atoms with van der Waals surface area (Å²) in [6.07, 6.45) is 0.617. The summed E-state index contributed by atoms with van der Waals surface area (Å²) in [6, 6.07) is 0. The van der Waals surface area contributed by atoms with Gasteiger partial charge < -0.3 is 0 Å². The van der Waals surface area contributed by atoms with Crippen molar-refractivity contribution in [1.82, 2.24) is 0 Å². The van der Waals surface area contributed by atoms with Crippen LogP contribution in [0.25, 0.3) is 0 Å². The summed E-state index contributed by atoms with van der Waals surface area (Å²) in [5.41, 5.74) is 0.0481. The Morgan fingerprint density at radius 2 is 1.64 bits per heavy atom. The zero-order chi connectivity index (χ0) is 8.41. The molecule has 0 aromatic rings. The fraction of sp³-hybridized carbons (Fsp3) is 1.00. The fourth-order valence-electron chi connectivity index (χ4n) is 0.448. The van der Waals surface area contributed by atoms with E-state index in [-0.39, 0.29) is 62.6 Å². The Hall–Kier alpha value is 1.55. The molecule has 0 saturated carbocycles. The standard InChI is InChI=1S/C6H15NO2S.K.H/c1-6(2,3)4-5-10(7,8)9;;/h4-5H2,1-3H3,(H2,7,8,9);;. The van der Waals surface area contributed by atoms with Gasteiger partial charge in [0.1, 0.15) is 0 Å². The SMILES string of the molecule is CC(C)(C)CCS(N)(=O)=O.[KH]. The van der Waals surface area contributed by atoms with Crippen LogP contribution in [0.15, 0.2) is 0 Å². The van der Waals surface area contributed by atoms with Crippen LogP contribution in [0.1, 0.15) is 27.2 Å². The minimum absolute atomic E-state index is 0. The van der Waals surface area contributed by atoms with Gasteiger partial charge >= 0.3 is 51.4 Å². The van der Waals surface area contributed by atoms with Crippen molar-refractivity contribution < 1.29 is 8.42 Å². The van der Waals surface area contributed by atoms with Crippen molar-refractivity contribution >= 4 is 61.4 Å². The van der Waals surface area contributed by atoms with Crippen LogP contribution in [-0.4, -0.2) is 65.6 Å². The van der Waals surface area contributed by atoms with Gasteiger partial charge in [-0.1, -0.05) is 20.8 Å². The van der Waals surface area contributed by atoms with Crippen LogP contribution in [0.3, 0.4) is 0 Å². The normalized spacial score (nSPS) is 12.4. The summed E-state index contributed by atoms with van der Waals surface area (Å²) >= 11 is 0. The van der Waals surface area contributed by atoms with Gasteiger partial charge in [0.15, 0.2) is 0 Å².